The molecule has 1 heterocycles. The Bertz CT molecular complexity index is 568. The zero-order valence-corrected chi connectivity index (χ0v) is 13.9. The highest BCUT2D eigenvalue weighted by Gasteiger charge is 2.33. The highest BCUT2D eigenvalue weighted by atomic mass is 35.5. The predicted molar refractivity (Wildman–Crippen MR) is 83.7 cm³/mol. The van der Waals surface area contributed by atoms with E-state index in [9.17, 15) is 9.59 Å². The van der Waals surface area contributed by atoms with E-state index in [1.54, 1.807) is 0 Å². The van der Waals surface area contributed by atoms with Crippen LogP contribution in [-0.2, 0) is 9.53 Å². The smallest absolute Gasteiger partial charge is 0.328 e. The molecule has 1 fully saturated rings. The summed E-state index contributed by atoms with van der Waals surface area (Å²) in [5.74, 6) is -0.372. The van der Waals surface area contributed by atoms with Crippen molar-refractivity contribution in [3.63, 3.8) is 0 Å². The number of carbonyl (C=O) groups is 2. The van der Waals surface area contributed by atoms with Crippen molar-refractivity contribution in [3.8, 4) is 5.75 Å². The SMILES string of the molecule is COC(=O)[C@@H]1CCCCN1C(=O)c1cc(Cl)c(OC)c(Cl)c1. The molecule has 0 radical (unpaired) electrons. The van der Waals surface area contributed by atoms with Gasteiger partial charge in [0.25, 0.3) is 5.91 Å². The van der Waals surface area contributed by atoms with Crippen LogP contribution in [0.1, 0.15) is 29.6 Å². The van der Waals surface area contributed by atoms with Gasteiger partial charge in [0, 0.05) is 12.1 Å². The van der Waals surface area contributed by atoms with E-state index in [0.29, 0.717) is 24.3 Å². The molecular formula is C15H17Cl2NO4. The van der Waals surface area contributed by atoms with Gasteiger partial charge in [0.2, 0.25) is 0 Å². The highest BCUT2D eigenvalue weighted by molar-refractivity contribution is 6.37. The van der Waals surface area contributed by atoms with Crippen molar-refractivity contribution in [1.82, 2.24) is 4.90 Å². The summed E-state index contributed by atoms with van der Waals surface area (Å²) in [4.78, 5) is 26.1. The van der Waals surface area contributed by atoms with Crippen LogP contribution in [0.2, 0.25) is 10.0 Å². The van der Waals surface area contributed by atoms with Gasteiger partial charge in [0.15, 0.2) is 5.75 Å². The largest absolute Gasteiger partial charge is 0.494 e. The molecule has 1 aliphatic rings. The van der Waals surface area contributed by atoms with E-state index in [1.807, 2.05) is 0 Å². The second-order valence-corrected chi connectivity index (χ2v) is 5.82. The molecule has 0 unspecified atom stereocenters. The second kappa shape index (κ2) is 7.20. The lowest BCUT2D eigenvalue weighted by molar-refractivity contribution is -0.147. The van der Waals surface area contributed by atoms with E-state index in [0.717, 1.165) is 12.8 Å². The monoisotopic (exact) mass is 345 g/mol. The molecule has 5 nitrogen and oxygen atoms in total. The van der Waals surface area contributed by atoms with Gasteiger partial charge >= 0.3 is 5.97 Å². The van der Waals surface area contributed by atoms with Gasteiger partial charge in [0.05, 0.1) is 24.3 Å². The van der Waals surface area contributed by atoms with Crippen molar-refractivity contribution < 1.29 is 19.1 Å². The topological polar surface area (TPSA) is 55.8 Å². The first kappa shape index (κ1) is 16.9. The molecule has 1 aliphatic heterocycles. The number of benzene rings is 1. The molecule has 7 heteroatoms. The fourth-order valence-corrected chi connectivity index (χ4v) is 3.24. The summed E-state index contributed by atoms with van der Waals surface area (Å²) < 4.78 is 9.85. The molecule has 0 saturated carbocycles. The third kappa shape index (κ3) is 3.31. The standard InChI is InChI=1S/C15H17Cl2NO4/c1-21-13-10(16)7-9(8-11(13)17)14(19)18-6-4-3-5-12(18)15(20)22-2/h7-8,12H,3-6H2,1-2H3/t12-/m0/s1. The average molecular weight is 346 g/mol. The number of carbonyl (C=O) groups excluding carboxylic acids is 2. The quantitative estimate of drug-likeness (QED) is 0.789. The van der Waals surface area contributed by atoms with Crippen LogP contribution in [0.25, 0.3) is 0 Å². The minimum atomic E-state index is -0.564. The predicted octanol–water partition coefficient (Wildman–Crippen LogP) is 3.17. The van der Waals surface area contributed by atoms with Gasteiger partial charge in [-0.2, -0.15) is 0 Å². The summed E-state index contributed by atoms with van der Waals surface area (Å²) in [5, 5.41) is 0.509. The Hall–Kier alpha value is -1.46. The third-order valence-corrected chi connectivity index (χ3v) is 4.25. The van der Waals surface area contributed by atoms with Gasteiger partial charge in [0.1, 0.15) is 6.04 Å². The van der Waals surface area contributed by atoms with Crippen LogP contribution in [-0.4, -0.2) is 43.6 Å². The first-order valence-corrected chi connectivity index (χ1v) is 7.67. The number of amides is 1. The van der Waals surface area contributed by atoms with Crippen molar-refractivity contribution in [1.29, 1.82) is 0 Å². The van der Waals surface area contributed by atoms with E-state index < -0.39 is 12.0 Å². The summed E-state index contributed by atoms with van der Waals surface area (Å²) >= 11 is 12.1. The van der Waals surface area contributed by atoms with E-state index in [4.69, 9.17) is 32.7 Å². The summed E-state index contributed by atoms with van der Waals surface area (Å²) in [6.07, 6.45) is 2.32. The normalized spacial score (nSPS) is 18.0. The van der Waals surface area contributed by atoms with Crippen LogP contribution in [0.3, 0.4) is 0 Å². The lowest BCUT2D eigenvalue weighted by Crippen LogP contribution is -2.48. The van der Waals surface area contributed by atoms with E-state index in [-0.39, 0.29) is 16.0 Å². The summed E-state index contributed by atoms with van der Waals surface area (Å²) in [6.45, 7) is 0.500. The molecule has 1 aromatic carbocycles. The lowest BCUT2D eigenvalue weighted by atomic mass is 10.0. The Morgan fingerprint density at radius 3 is 2.36 bits per heavy atom. The van der Waals surface area contributed by atoms with Crippen molar-refractivity contribution in [2.24, 2.45) is 0 Å². The number of ether oxygens (including phenoxy) is 2. The van der Waals surface area contributed by atoms with E-state index in [2.05, 4.69) is 0 Å². The number of likely N-dealkylation sites (tertiary alicyclic amines) is 1. The second-order valence-electron chi connectivity index (χ2n) is 5.01. The first-order valence-electron chi connectivity index (χ1n) is 6.91. The molecule has 1 aromatic rings. The van der Waals surface area contributed by atoms with Gasteiger partial charge in [-0.15, -0.1) is 0 Å². The van der Waals surface area contributed by atoms with Gasteiger partial charge in [-0.1, -0.05) is 23.2 Å². The fourth-order valence-electron chi connectivity index (χ4n) is 2.60. The maximum absolute atomic E-state index is 12.7. The summed E-state index contributed by atoms with van der Waals surface area (Å²) in [5.41, 5.74) is 0.326. The van der Waals surface area contributed by atoms with Crippen LogP contribution >= 0.6 is 23.2 Å². The van der Waals surface area contributed by atoms with Crippen LogP contribution < -0.4 is 4.74 Å². The number of hydrogen-bond donors (Lipinski definition) is 0. The molecule has 120 valence electrons. The molecule has 0 aliphatic carbocycles. The van der Waals surface area contributed by atoms with Crippen molar-refractivity contribution in [2.45, 2.75) is 25.3 Å². The zero-order chi connectivity index (χ0) is 16.3. The molecule has 0 aromatic heterocycles. The van der Waals surface area contributed by atoms with E-state index >= 15 is 0 Å². The zero-order valence-electron chi connectivity index (χ0n) is 12.4. The van der Waals surface area contributed by atoms with E-state index in [1.165, 1.54) is 31.3 Å². The number of rotatable bonds is 3. The molecular weight excluding hydrogens is 329 g/mol. The molecule has 1 amide bonds. The number of halogens is 2. The maximum Gasteiger partial charge on any atom is 0.328 e. The maximum atomic E-state index is 12.7. The number of esters is 1. The Balaban J connectivity index is 2.31. The van der Waals surface area contributed by atoms with Crippen LogP contribution in [0.4, 0.5) is 0 Å². The van der Waals surface area contributed by atoms with Crippen LogP contribution in [0, 0.1) is 0 Å². The van der Waals surface area contributed by atoms with Crippen molar-refractivity contribution >= 4 is 35.1 Å². The van der Waals surface area contributed by atoms with Crippen molar-refractivity contribution in [2.75, 3.05) is 20.8 Å². The highest BCUT2D eigenvalue weighted by Crippen LogP contribution is 2.34. The summed E-state index contributed by atoms with van der Waals surface area (Å²) in [7, 11) is 2.77. The molecule has 2 rings (SSSR count). The van der Waals surface area contributed by atoms with Crippen molar-refractivity contribution in [3.05, 3.63) is 27.7 Å². The average Bonchev–Trinajstić information content (AvgIpc) is 2.53. The van der Waals surface area contributed by atoms with Gasteiger partial charge in [-0.3, -0.25) is 4.79 Å². The Morgan fingerprint density at radius 1 is 1.18 bits per heavy atom. The Labute approximate surface area is 139 Å². The summed E-state index contributed by atoms with van der Waals surface area (Å²) in [6, 6.07) is 2.43. The number of piperidine rings is 1. The fraction of sp³-hybridized carbons (Fsp3) is 0.467. The van der Waals surface area contributed by atoms with Gasteiger partial charge in [-0.25, -0.2) is 4.79 Å². The minimum absolute atomic E-state index is 0.255. The molecule has 22 heavy (non-hydrogen) atoms. The van der Waals surface area contributed by atoms with Crippen LogP contribution in [0.5, 0.6) is 5.75 Å². The third-order valence-electron chi connectivity index (χ3n) is 3.69. The Kier molecular flexibility index (Phi) is 5.53. The number of methoxy groups -OCH3 is 2. The molecule has 1 saturated heterocycles. The minimum Gasteiger partial charge on any atom is -0.494 e. The van der Waals surface area contributed by atoms with Crippen LogP contribution in [0.15, 0.2) is 12.1 Å². The number of hydrogen-bond acceptors (Lipinski definition) is 4. The van der Waals surface area contributed by atoms with Gasteiger partial charge in [-0.05, 0) is 31.4 Å². The first-order chi connectivity index (χ1) is 10.5. The molecule has 0 spiro atoms. The van der Waals surface area contributed by atoms with Gasteiger partial charge < -0.3 is 14.4 Å². The molecule has 1 atom stereocenters. The lowest BCUT2D eigenvalue weighted by Gasteiger charge is -2.33. The Morgan fingerprint density at radius 2 is 1.82 bits per heavy atom. The number of nitrogens with zero attached hydrogens (tertiary/aromatic N) is 1. The molecule has 0 N–H and O–H groups in total. The molecule has 0 bridgehead atoms.